The number of carbonyl (C=O) groups is 1. The minimum atomic E-state index is -4.42. The van der Waals surface area contributed by atoms with Crippen LogP contribution in [0.15, 0.2) is 60.2 Å². The number of nitrogens with zero attached hydrogens (tertiary/aromatic N) is 1. The number of alkyl halides is 3. The molecule has 0 aromatic heterocycles. The molecule has 1 saturated heterocycles. The molecule has 1 atom stereocenters. The maximum absolute atomic E-state index is 13.3. The Bertz CT molecular complexity index is 1110. The number of aryl methyl sites for hydroxylation is 1. The van der Waals surface area contributed by atoms with E-state index in [1.54, 1.807) is 19.1 Å². The summed E-state index contributed by atoms with van der Waals surface area (Å²) in [6.07, 6.45) is 0.702. The van der Waals surface area contributed by atoms with E-state index in [-0.39, 0.29) is 24.6 Å². The number of aliphatic carboxylic acids is 1. The number of nitrogens with one attached hydrogen (secondary N) is 1. The quantitative estimate of drug-likeness (QED) is 0.593. The van der Waals surface area contributed by atoms with E-state index in [9.17, 15) is 18.0 Å². The van der Waals surface area contributed by atoms with Crippen molar-refractivity contribution in [3.05, 3.63) is 82.4 Å². The van der Waals surface area contributed by atoms with Crippen LogP contribution in [0.25, 0.3) is 5.70 Å². The lowest BCUT2D eigenvalue weighted by Crippen LogP contribution is -2.45. The first-order valence-electron chi connectivity index (χ1n) is 11.2. The Labute approximate surface area is 196 Å². The van der Waals surface area contributed by atoms with Crippen molar-refractivity contribution in [1.29, 1.82) is 0 Å². The number of dihydropyridines is 1. The molecule has 5 nitrogen and oxygen atoms in total. The van der Waals surface area contributed by atoms with Crippen molar-refractivity contribution < 1.29 is 27.8 Å². The van der Waals surface area contributed by atoms with Crippen molar-refractivity contribution in [1.82, 2.24) is 10.2 Å². The lowest BCUT2D eigenvalue weighted by atomic mass is 9.93. The summed E-state index contributed by atoms with van der Waals surface area (Å²) in [6, 6.07) is 11.5. The number of rotatable bonds is 7. The molecule has 0 spiro atoms. The first-order chi connectivity index (χ1) is 16.2. The molecule has 1 fully saturated rings. The number of hydrogen-bond acceptors (Lipinski definition) is 4. The van der Waals surface area contributed by atoms with E-state index in [1.807, 2.05) is 18.2 Å². The van der Waals surface area contributed by atoms with Crippen molar-refractivity contribution >= 4 is 11.7 Å². The molecule has 2 aromatic rings. The Morgan fingerprint density at radius 2 is 1.94 bits per heavy atom. The standard InChI is InChI=1S/C26H27F3N2O3/c1-17-2-8-22(26(27,28)29)20(14-17)16-34-21-6-3-18(4-7-21)23-9-5-19-15-31(13-11-25(32)33)12-10-24(19)30-23/h2-9,14,24,30H,10-13,15-16H2,1H3,(H,32,33). The Balaban J connectivity index is 1.39. The zero-order valence-electron chi connectivity index (χ0n) is 18.9. The summed E-state index contributed by atoms with van der Waals surface area (Å²) in [5.41, 5.74) is 3.35. The van der Waals surface area contributed by atoms with Gasteiger partial charge in [-0.25, -0.2) is 0 Å². The number of halogens is 3. The number of benzene rings is 2. The first kappa shape index (κ1) is 23.9. The second-order valence-electron chi connectivity index (χ2n) is 8.70. The number of likely N-dealkylation sites (tertiary alicyclic amines) is 1. The normalized spacial score (nSPS) is 18.4. The van der Waals surface area contributed by atoms with Gasteiger partial charge < -0.3 is 15.2 Å². The van der Waals surface area contributed by atoms with Crippen LogP contribution < -0.4 is 10.1 Å². The Hall–Kier alpha value is -3.26. The van der Waals surface area contributed by atoms with Gasteiger partial charge in [0.15, 0.2) is 0 Å². The van der Waals surface area contributed by atoms with Gasteiger partial charge in [0.05, 0.1) is 18.0 Å². The smallest absolute Gasteiger partial charge is 0.416 e. The number of piperidine rings is 1. The number of carboxylic acids is 1. The molecule has 1 unspecified atom stereocenters. The molecule has 2 aromatic carbocycles. The predicted molar refractivity (Wildman–Crippen MR) is 123 cm³/mol. The van der Waals surface area contributed by atoms with E-state index in [4.69, 9.17) is 9.84 Å². The fourth-order valence-electron chi connectivity index (χ4n) is 4.34. The van der Waals surface area contributed by atoms with E-state index >= 15 is 0 Å². The van der Waals surface area contributed by atoms with Crippen LogP contribution >= 0.6 is 0 Å². The van der Waals surface area contributed by atoms with Gasteiger partial charge in [-0.15, -0.1) is 0 Å². The number of hydrogen-bond donors (Lipinski definition) is 2. The number of fused-ring (bicyclic) bond motifs is 1. The monoisotopic (exact) mass is 472 g/mol. The highest BCUT2D eigenvalue weighted by atomic mass is 19.4. The van der Waals surface area contributed by atoms with Crippen LogP contribution in [0.4, 0.5) is 13.2 Å². The number of carboxylic acid groups (broad SMARTS) is 1. The van der Waals surface area contributed by atoms with E-state index in [0.29, 0.717) is 12.3 Å². The molecule has 0 radical (unpaired) electrons. The Morgan fingerprint density at radius 3 is 2.65 bits per heavy atom. The summed E-state index contributed by atoms with van der Waals surface area (Å²) in [6.45, 7) is 3.72. The van der Waals surface area contributed by atoms with Gasteiger partial charge >= 0.3 is 12.1 Å². The van der Waals surface area contributed by atoms with Crippen LogP contribution in [0.1, 0.15) is 35.1 Å². The molecule has 34 heavy (non-hydrogen) atoms. The van der Waals surface area contributed by atoms with Crippen LogP contribution in [0.2, 0.25) is 0 Å². The number of ether oxygens (including phenoxy) is 1. The Kier molecular flexibility index (Phi) is 6.97. The van der Waals surface area contributed by atoms with Crippen LogP contribution in [0.3, 0.4) is 0 Å². The van der Waals surface area contributed by atoms with Gasteiger partial charge in [0.25, 0.3) is 0 Å². The summed E-state index contributed by atoms with van der Waals surface area (Å²) in [5, 5.41) is 12.4. The highest BCUT2D eigenvalue weighted by Crippen LogP contribution is 2.33. The SMILES string of the molecule is Cc1ccc(C(F)(F)F)c(COc2ccc(C3=CC=C4CN(CCC(=O)O)CCC4N3)cc2)c1. The first-order valence-corrected chi connectivity index (χ1v) is 11.2. The van der Waals surface area contributed by atoms with Gasteiger partial charge in [-0.3, -0.25) is 9.69 Å². The molecule has 2 N–H and O–H groups in total. The third-order valence-electron chi connectivity index (χ3n) is 6.15. The van der Waals surface area contributed by atoms with Gasteiger partial charge in [-0.2, -0.15) is 13.2 Å². The van der Waals surface area contributed by atoms with Gasteiger partial charge in [-0.05, 0) is 60.9 Å². The van der Waals surface area contributed by atoms with E-state index in [0.717, 1.165) is 42.4 Å². The third kappa shape index (κ3) is 5.80. The van der Waals surface area contributed by atoms with Crippen molar-refractivity contribution in [3.63, 3.8) is 0 Å². The van der Waals surface area contributed by atoms with Gasteiger partial charge in [0.1, 0.15) is 12.4 Å². The lowest BCUT2D eigenvalue weighted by molar-refractivity contribution is -0.139. The van der Waals surface area contributed by atoms with Gasteiger partial charge in [-0.1, -0.05) is 23.8 Å². The lowest BCUT2D eigenvalue weighted by Gasteiger charge is -2.37. The fourth-order valence-corrected chi connectivity index (χ4v) is 4.34. The summed E-state index contributed by atoms with van der Waals surface area (Å²) >= 11 is 0. The molecule has 2 aliphatic heterocycles. The van der Waals surface area contributed by atoms with E-state index in [1.165, 1.54) is 17.7 Å². The molecule has 0 amide bonds. The average Bonchev–Trinajstić information content (AvgIpc) is 2.80. The van der Waals surface area contributed by atoms with Gasteiger partial charge in [0, 0.05) is 30.9 Å². The molecule has 0 aliphatic carbocycles. The maximum atomic E-state index is 13.3. The summed E-state index contributed by atoms with van der Waals surface area (Å²) in [7, 11) is 0. The van der Waals surface area contributed by atoms with Crippen molar-refractivity contribution in [3.8, 4) is 5.75 Å². The number of allylic oxidation sites excluding steroid dienone is 2. The highest BCUT2D eigenvalue weighted by molar-refractivity contribution is 5.69. The van der Waals surface area contributed by atoms with Crippen molar-refractivity contribution in [2.45, 2.75) is 38.6 Å². The average molecular weight is 473 g/mol. The van der Waals surface area contributed by atoms with E-state index < -0.39 is 17.7 Å². The highest BCUT2D eigenvalue weighted by Gasteiger charge is 2.33. The molecule has 0 bridgehead atoms. The Morgan fingerprint density at radius 1 is 1.18 bits per heavy atom. The second kappa shape index (κ2) is 9.93. The van der Waals surface area contributed by atoms with Crippen LogP contribution in [-0.4, -0.2) is 41.7 Å². The maximum Gasteiger partial charge on any atom is 0.416 e. The molecule has 4 rings (SSSR count). The molecule has 180 valence electrons. The minimum absolute atomic E-state index is 0.112. The third-order valence-corrected chi connectivity index (χ3v) is 6.15. The molecular formula is C26H27F3N2O3. The molecule has 2 aliphatic rings. The van der Waals surface area contributed by atoms with Crippen LogP contribution in [-0.2, 0) is 17.6 Å². The van der Waals surface area contributed by atoms with Crippen molar-refractivity contribution in [2.24, 2.45) is 0 Å². The predicted octanol–water partition coefficient (Wildman–Crippen LogP) is 5.01. The van der Waals surface area contributed by atoms with Gasteiger partial charge in [0.2, 0.25) is 0 Å². The largest absolute Gasteiger partial charge is 0.489 e. The molecule has 2 heterocycles. The van der Waals surface area contributed by atoms with Crippen molar-refractivity contribution in [2.75, 3.05) is 19.6 Å². The van der Waals surface area contributed by atoms with Crippen LogP contribution in [0, 0.1) is 6.92 Å². The second-order valence-corrected chi connectivity index (χ2v) is 8.70. The zero-order valence-corrected chi connectivity index (χ0v) is 18.9. The summed E-state index contributed by atoms with van der Waals surface area (Å²) in [4.78, 5) is 13.0. The molecule has 8 heteroatoms. The summed E-state index contributed by atoms with van der Waals surface area (Å²) < 4.78 is 45.5. The van der Waals surface area contributed by atoms with E-state index in [2.05, 4.69) is 16.3 Å². The molecular weight excluding hydrogens is 445 g/mol. The minimum Gasteiger partial charge on any atom is -0.489 e. The van der Waals surface area contributed by atoms with Crippen LogP contribution in [0.5, 0.6) is 5.75 Å². The topological polar surface area (TPSA) is 61.8 Å². The summed E-state index contributed by atoms with van der Waals surface area (Å²) in [5.74, 6) is -0.287. The molecule has 0 saturated carbocycles. The fraction of sp³-hybridized carbons (Fsp3) is 0.346. The zero-order chi connectivity index (χ0) is 24.3.